The lowest BCUT2D eigenvalue weighted by atomic mass is 9.93. The minimum Gasteiger partial charge on any atom is -0.336 e. The minimum atomic E-state index is -0.279. The maximum absolute atomic E-state index is 12.6. The van der Waals surface area contributed by atoms with Crippen LogP contribution in [-0.2, 0) is 11.3 Å². The number of nitrogens with zero attached hydrogens (tertiary/aromatic N) is 2. The zero-order chi connectivity index (χ0) is 14.6. The van der Waals surface area contributed by atoms with Crippen molar-refractivity contribution in [1.82, 2.24) is 9.88 Å². The largest absolute Gasteiger partial charge is 0.336 e. The molecule has 0 saturated heterocycles. The van der Waals surface area contributed by atoms with Crippen molar-refractivity contribution in [2.75, 3.05) is 0 Å². The highest BCUT2D eigenvalue weighted by Gasteiger charge is 2.33. The first kappa shape index (κ1) is 15.0. The molecule has 1 aliphatic rings. The zero-order valence-electron chi connectivity index (χ0n) is 12.5. The number of carbonyl (C=O) groups excluding carboxylic acids is 1. The van der Waals surface area contributed by atoms with E-state index in [-0.39, 0.29) is 17.5 Å². The molecule has 4 nitrogen and oxygen atoms in total. The molecule has 0 spiro atoms. The quantitative estimate of drug-likeness (QED) is 0.898. The SMILES string of the molecule is CC(C)N(Cc1cccnc1)C(=O)CC1(N)CCCC1. The van der Waals surface area contributed by atoms with Crippen LogP contribution in [0.1, 0.15) is 51.5 Å². The van der Waals surface area contributed by atoms with Gasteiger partial charge < -0.3 is 10.6 Å². The first-order valence-corrected chi connectivity index (χ1v) is 7.47. The summed E-state index contributed by atoms with van der Waals surface area (Å²) >= 11 is 0. The Morgan fingerprint density at radius 1 is 1.45 bits per heavy atom. The van der Waals surface area contributed by atoms with Gasteiger partial charge in [0.1, 0.15) is 0 Å². The van der Waals surface area contributed by atoms with E-state index in [1.54, 1.807) is 6.20 Å². The van der Waals surface area contributed by atoms with Gasteiger partial charge in [-0.3, -0.25) is 9.78 Å². The molecule has 1 aromatic rings. The summed E-state index contributed by atoms with van der Waals surface area (Å²) in [4.78, 5) is 18.6. The van der Waals surface area contributed by atoms with Gasteiger partial charge in [0.25, 0.3) is 0 Å². The van der Waals surface area contributed by atoms with E-state index in [2.05, 4.69) is 4.98 Å². The summed E-state index contributed by atoms with van der Waals surface area (Å²) < 4.78 is 0. The van der Waals surface area contributed by atoms with Gasteiger partial charge in [-0.15, -0.1) is 0 Å². The first-order valence-electron chi connectivity index (χ1n) is 7.47. The number of carbonyl (C=O) groups is 1. The monoisotopic (exact) mass is 275 g/mol. The molecule has 2 N–H and O–H groups in total. The maximum atomic E-state index is 12.6. The molecule has 110 valence electrons. The van der Waals surface area contributed by atoms with Gasteiger partial charge in [0.15, 0.2) is 0 Å². The Balaban J connectivity index is 2.02. The second-order valence-corrected chi connectivity index (χ2v) is 6.22. The highest BCUT2D eigenvalue weighted by atomic mass is 16.2. The Morgan fingerprint density at radius 3 is 2.70 bits per heavy atom. The number of pyridine rings is 1. The lowest BCUT2D eigenvalue weighted by Gasteiger charge is -2.31. The van der Waals surface area contributed by atoms with E-state index in [1.165, 1.54) is 0 Å². The molecule has 0 unspecified atom stereocenters. The Labute approximate surface area is 121 Å². The molecule has 2 rings (SSSR count). The van der Waals surface area contributed by atoms with Gasteiger partial charge in [-0.1, -0.05) is 18.9 Å². The van der Waals surface area contributed by atoms with Crippen molar-refractivity contribution in [2.45, 2.75) is 64.1 Å². The van der Waals surface area contributed by atoms with Crippen LogP contribution < -0.4 is 5.73 Å². The summed E-state index contributed by atoms with van der Waals surface area (Å²) in [6.45, 7) is 4.71. The van der Waals surface area contributed by atoms with Crippen molar-refractivity contribution >= 4 is 5.91 Å². The Morgan fingerprint density at radius 2 is 2.15 bits per heavy atom. The van der Waals surface area contributed by atoms with Gasteiger partial charge in [-0.2, -0.15) is 0 Å². The van der Waals surface area contributed by atoms with E-state index in [1.807, 2.05) is 37.1 Å². The normalized spacial score (nSPS) is 17.4. The number of hydrogen-bond acceptors (Lipinski definition) is 3. The summed E-state index contributed by atoms with van der Waals surface area (Å²) in [6, 6.07) is 4.08. The van der Waals surface area contributed by atoms with Crippen molar-refractivity contribution in [3.05, 3.63) is 30.1 Å². The predicted octanol–water partition coefficient (Wildman–Crippen LogP) is 2.48. The Bertz CT molecular complexity index is 438. The van der Waals surface area contributed by atoms with E-state index >= 15 is 0 Å². The van der Waals surface area contributed by atoms with Crippen LogP contribution in [0, 0.1) is 0 Å². The standard InChI is InChI=1S/C16H25N3O/c1-13(2)19(12-14-6-5-9-18-11-14)15(20)10-16(17)7-3-4-8-16/h5-6,9,11,13H,3-4,7-8,10,12,17H2,1-2H3. The second-order valence-electron chi connectivity index (χ2n) is 6.22. The summed E-state index contributed by atoms with van der Waals surface area (Å²) in [7, 11) is 0. The molecule has 1 aromatic heterocycles. The van der Waals surface area contributed by atoms with Crippen molar-refractivity contribution in [2.24, 2.45) is 5.73 Å². The lowest BCUT2D eigenvalue weighted by Crippen LogP contribution is -2.45. The fraction of sp³-hybridized carbons (Fsp3) is 0.625. The third-order valence-electron chi connectivity index (χ3n) is 4.12. The summed E-state index contributed by atoms with van der Waals surface area (Å²) in [5.74, 6) is 0.160. The van der Waals surface area contributed by atoms with Gasteiger partial charge in [-0.25, -0.2) is 0 Å². The second kappa shape index (κ2) is 6.35. The summed E-state index contributed by atoms with van der Waals surface area (Å²) in [6.07, 6.45) is 8.26. The van der Waals surface area contributed by atoms with Crippen LogP contribution in [0.3, 0.4) is 0 Å². The number of nitrogens with two attached hydrogens (primary N) is 1. The molecular weight excluding hydrogens is 250 g/mol. The highest BCUT2D eigenvalue weighted by Crippen LogP contribution is 2.31. The molecule has 4 heteroatoms. The van der Waals surface area contributed by atoms with Gasteiger partial charge in [0, 0.05) is 36.9 Å². The molecule has 0 bridgehead atoms. The van der Waals surface area contributed by atoms with E-state index < -0.39 is 0 Å². The number of rotatable bonds is 5. The van der Waals surface area contributed by atoms with Crippen LogP contribution in [0.25, 0.3) is 0 Å². The number of aromatic nitrogens is 1. The molecule has 1 fully saturated rings. The molecule has 1 aliphatic carbocycles. The van der Waals surface area contributed by atoms with E-state index in [9.17, 15) is 4.79 Å². The fourth-order valence-electron chi connectivity index (χ4n) is 2.91. The third-order valence-corrected chi connectivity index (χ3v) is 4.12. The average molecular weight is 275 g/mol. The van der Waals surface area contributed by atoms with E-state index in [0.29, 0.717) is 13.0 Å². The molecule has 1 saturated carbocycles. The van der Waals surface area contributed by atoms with Crippen LogP contribution in [-0.4, -0.2) is 27.4 Å². The van der Waals surface area contributed by atoms with Gasteiger partial charge in [0.2, 0.25) is 5.91 Å². The fourth-order valence-corrected chi connectivity index (χ4v) is 2.91. The Kier molecular flexibility index (Phi) is 4.76. The lowest BCUT2D eigenvalue weighted by molar-refractivity contribution is -0.134. The topological polar surface area (TPSA) is 59.2 Å². The van der Waals surface area contributed by atoms with Crippen molar-refractivity contribution in [3.8, 4) is 0 Å². The highest BCUT2D eigenvalue weighted by molar-refractivity contribution is 5.77. The first-order chi connectivity index (χ1) is 9.50. The summed E-state index contributed by atoms with van der Waals surface area (Å²) in [5.41, 5.74) is 7.11. The average Bonchev–Trinajstić information content (AvgIpc) is 2.83. The van der Waals surface area contributed by atoms with Gasteiger partial charge in [0.05, 0.1) is 0 Å². The van der Waals surface area contributed by atoms with Crippen molar-refractivity contribution < 1.29 is 4.79 Å². The Hall–Kier alpha value is -1.42. The van der Waals surface area contributed by atoms with Crippen LogP contribution in [0.15, 0.2) is 24.5 Å². The zero-order valence-corrected chi connectivity index (χ0v) is 12.5. The van der Waals surface area contributed by atoms with Crippen LogP contribution in [0.4, 0.5) is 0 Å². The van der Waals surface area contributed by atoms with Crippen LogP contribution >= 0.6 is 0 Å². The molecule has 1 amide bonds. The van der Waals surface area contributed by atoms with Gasteiger partial charge in [-0.05, 0) is 38.3 Å². The summed E-state index contributed by atoms with van der Waals surface area (Å²) in [5, 5.41) is 0. The smallest absolute Gasteiger partial charge is 0.224 e. The third kappa shape index (κ3) is 3.79. The van der Waals surface area contributed by atoms with Crippen LogP contribution in [0.2, 0.25) is 0 Å². The molecule has 0 atom stereocenters. The van der Waals surface area contributed by atoms with E-state index in [4.69, 9.17) is 5.73 Å². The number of amides is 1. The van der Waals surface area contributed by atoms with E-state index in [0.717, 1.165) is 31.2 Å². The molecule has 1 heterocycles. The molecular formula is C16H25N3O. The predicted molar refractivity (Wildman–Crippen MR) is 79.9 cm³/mol. The van der Waals surface area contributed by atoms with Crippen LogP contribution in [0.5, 0.6) is 0 Å². The number of hydrogen-bond donors (Lipinski definition) is 1. The van der Waals surface area contributed by atoms with Crippen molar-refractivity contribution in [3.63, 3.8) is 0 Å². The molecule has 0 radical (unpaired) electrons. The molecule has 0 aromatic carbocycles. The van der Waals surface area contributed by atoms with Crippen molar-refractivity contribution in [1.29, 1.82) is 0 Å². The maximum Gasteiger partial charge on any atom is 0.224 e. The van der Waals surface area contributed by atoms with Gasteiger partial charge >= 0.3 is 0 Å². The minimum absolute atomic E-state index is 0.160. The molecule has 0 aliphatic heterocycles. The molecule has 20 heavy (non-hydrogen) atoms.